The topological polar surface area (TPSA) is 72.2 Å². The fourth-order valence-corrected chi connectivity index (χ4v) is 3.41. The van der Waals surface area contributed by atoms with Crippen LogP contribution >= 0.6 is 0 Å². The van der Waals surface area contributed by atoms with Gasteiger partial charge in [0.05, 0.1) is 11.4 Å². The molecule has 0 fully saturated rings. The highest BCUT2D eigenvalue weighted by Crippen LogP contribution is 2.17. The minimum absolute atomic E-state index is 0.250. The monoisotopic (exact) mass is 294 g/mol. The van der Waals surface area contributed by atoms with Crippen molar-refractivity contribution in [2.24, 2.45) is 5.73 Å². The summed E-state index contributed by atoms with van der Waals surface area (Å²) < 4.78 is 27.3. The summed E-state index contributed by atoms with van der Waals surface area (Å²) in [6.45, 7) is 6.08. The second-order valence-electron chi connectivity index (χ2n) is 5.27. The van der Waals surface area contributed by atoms with Crippen molar-refractivity contribution >= 4 is 10.0 Å². The molecule has 1 aromatic rings. The third kappa shape index (κ3) is 4.97. The molecule has 0 atom stereocenters. The van der Waals surface area contributed by atoms with Gasteiger partial charge < -0.3 is 5.73 Å². The van der Waals surface area contributed by atoms with E-state index < -0.39 is 15.6 Å². The summed E-state index contributed by atoms with van der Waals surface area (Å²) in [5, 5.41) is 0. The average molecular weight is 294 g/mol. The van der Waals surface area contributed by atoms with E-state index in [1.807, 2.05) is 20.8 Å². The van der Waals surface area contributed by atoms with Crippen LogP contribution in [-0.2, 0) is 10.0 Å². The van der Waals surface area contributed by atoms with Gasteiger partial charge in [0.2, 0.25) is 10.0 Å². The summed E-state index contributed by atoms with van der Waals surface area (Å²) in [5.41, 5.74) is 5.59. The molecule has 0 bridgehead atoms. The maximum atomic E-state index is 12.3. The van der Waals surface area contributed by atoms with Gasteiger partial charge in [-0.25, -0.2) is 13.1 Å². The van der Waals surface area contributed by atoms with E-state index >= 15 is 0 Å². The lowest BCUT2D eigenvalue weighted by Crippen LogP contribution is -2.43. The van der Waals surface area contributed by atoms with Gasteiger partial charge >= 0.3 is 0 Å². The van der Waals surface area contributed by atoms with Gasteiger partial charge in [0, 0.05) is 11.1 Å². The van der Waals surface area contributed by atoms with Crippen LogP contribution in [-0.4, -0.2) is 20.5 Å². The zero-order valence-corrected chi connectivity index (χ0v) is 13.0. The molecule has 4 nitrogen and oxygen atoms in total. The quantitative estimate of drug-likeness (QED) is 0.814. The van der Waals surface area contributed by atoms with E-state index in [0.29, 0.717) is 0 Å². The van der Waals surface area contributed by atoms with Crippen molar-refractivity contribution in [2.75, 3.05) is 6.54 Å². The van der Waals surface area contributed by atoms with E-state index in [1.54, 1.807) is 24.3 Å². The molecule has 0 aromatic heterocycles. The van der Waals surface area contributed by atoms with Gasteiger partial charge in [0.25, 0.3) is 0 Å². The van der Waals surface area contributed by atoms with Crippen LogP contribution in [0.5, 0.6) is 0 Å². The number of nitrogens with two attached hydrogens (primary N) is 1. The Morgan fingerprint density at radius 2 is 1.85 bits per heavy atom. The molecule has 0 aliphatic carbocycles. The Bertz CT molecular complexity index is 593. The van der Waals surface area contributed by atoms with E-state index in [1.165, 1.54) is 0 Å². The summed E-state index contributed by atoms with van der Waals surface area (Å²) in [5.74, 6) is 5.59. The van der Waals surface area contributed by atoms with Crippen LogP contribution in [0.1, 0.15) is 39.2 Å². The molecule has 20 heavy (non-hydrogen) atoms. The lowest BCUT2D eigenvalue weighted by Gasteiger charge is -2.25. The molecular weight excluding hydrogens is 272 g/mol. The number of nitrogens with one attached hydrogen (secondary N) is 1. The van der Waals surface area contributed by atoms with Crippen molar-refractivity contribution in [1.82, 2.24) is 4.72 Å². The van der Waals surface area contributed by atoms with Crippen molar-refractivity contribution in [2.45, 2.75) is 44.0 Å². The first kappa shape index (κ1) is 16.7. The molecule has 0 saturated heterocycles. The SMILES string of the molecule is CCCC(C)(C)NS(=O)(=O)c1ccc(C#CCN)cc1. The van der Waals surface area contributed by atoms with Crippen LogP contribution in [0.2, 0.25) is 0 Å². The van der Waals surface area contributed by atoms with Crippen LogP contribution in [0.25, 0.3) is 0 Å². The third-order valence-electron chi connectivity index (χ3n) is 2.79. The summed E-state index contributed by atoms with van der Waals surface area (Å²) in [6, 6.07) is 6.49. The van der Waals surface area contributed by atoms with Crippen molar-refractivity contribution in [3.05, 3.63) is 29.8 Å². The highest BCUT2D eigenvalue weighted by molar-refractivity contribution is 7.89. The summed E-state index contributed by atoms with van der Waals surface area (Å²) in [6.07, 6.45) is 1.70. The summed E-state index contributed by atoms with van der Waals surface area (Å²) in [4.78, 5) is 0.250. The van der Waals surface area contributed by atoms with Gasteiger partial charge in [-0.2, -0.15) is 0 Å². The maximum absolute atomic E-state index is 12.3. The molecule has 110 valence electrons. The second-order valence-corrected chi connectivity index (χ2v) is 6.95. The first-order valence-electron chi connectivity index (χ1n) is 6.64. The fourth-order valence-electron chi connectivity index (χ4n) is 1.97. The zero-order valence-electron chi connectivity index (χ0n) is 12.2. The molecule has 0 aliphatic heterocycles. The van der Waals surface area contributed by atoms with E-state index in [2.05, 4.69) is 16.6 Å². The Kier molecular flexibility index (Phi) is 5.75. The standard InChI is InChI=1S/C15H22N2O2S/c1-4-11-15(2,3)17-20(18,19)14-9-7-13(8-10-14)6-5-12-16/h7-10,17H,4,11-12,16H2,1-3H3. The minimum atomic E-state index is -3.50. The van der Waals surface area contributed by atoms with E-state index in [0.717, 1.165) is 18.4 Å². The van der Waals surface area contributed by atoms with E-state index in [9.17, 15) is 8.42 Å². The van der Waals surface area contributed by atoms with Crippen molar-refractivity contribution in [1.29, 1.82) is 0 Å². The van der Waals surface area contributed by atoms with Gasteiger partial charge in [-0.15, -0.1) is 0 Å². The van der Waals surface area contributed by atoms with Crippen LogP contribution in [0.4, 0.5) is 0 Å². The summed E-state index contributed by atoms with van der Waals surface area (Å²) >= 11 is 0. The Labute approximate surface area is 121 Å². The molecular formula is C15H22N2O2S. The zero-order chi connectivity index (χ0) is 15.2. The summed E-state index contributed by atoms with van der Waals surface area (Å²) in [7, 11) is -3.50. The molecule has 5 heteroatoms. The number of hydrogen-bond donors (Lipinski definition) is 2. The molecule has 0 radical (unpaired) electrons. The fraction of sp³-hybridized carbons (Fsp3) is 0.467. The average Bonchev–Trinajstić information content (AvgIpc) is 2.35. The third-order valence-corrected chi connectivity index (χ3v) is 4.50. The number of benzene rings is 1. The van der Waals surface area contributed by atoms with Crippen molar-refractivity contribution in [3.63, 3.8) is 0 Å². The van der Waals surface area contributed by atoms with Crippen LogP contribution in [0, 0.1) is 11.8 Å². The van der Waals surface area contributed by atoms with Gasteiger partial charge in [0.1, 0.15) is 0 Å². The Hall–Kier alpha value is -1.35. The smallest absolute Gasteiger partial charge is 0.241 e. The molecule has 0 amide bonds. The van der Waals surface area contributed by atoms with Crippen LogP contribution in [0.3, 0.4) is 0 Å². The van der Waals surface area contributed by atoms with Crippen LogP contribution in [0.15, 0.2) is 29.2 Å². The Morgan fingerprint density at radius 3 is 2.35 bits per heavy atom. The molecule has 0 unspecified atom stereocenters. The van der Waals surface area contributed by atoms with Gasteiger partial charge in [-0.3, -0.25) is 0 Å². The predicted octanol–water partition coefficient (Wildman–Crippen LogP) is 1.85. The first-order chi connectivity index (χ1) is 9.30. The number of rotatable bonds is 5. The Morgan fingerprint density at radius 1 is 1.25 bits per heavy atom. The first-order valence-corrected chi connectivity index (χ1v) is 8.12. The van der Waals surface area contributed by atoms with Gasteiger partial charge in [0.15, 0.2) is 0 Å². The molecule has 1 rings (SSSR count). The maximum Gasteiger partial charge on any atom is 0.241 e. The molecule has 0 heterocycles. The lowest BCUT2D eigenvalue weighted by atomic mass is 10.0. The molecule has 3 N–H and O–H groups in total. The van der Waals surface area contributed by atoms with Gasteiger partial charge in [-0.1, -0.05) is 25.2 Å². The highest BCUT2D eigenvalue weighted by Gasteiger charge is 2.25. The number of hydrogen-bond acceptors (Lipinski definition) is 3. The highest BCUT2D eigenvalue weighted by atomic mass is 32.2. The van der Waals surface area contributed by atoms with Crippen LogP contribution < -0.4 is 10.5 Å². The van der Waals surface area contributed by atoms with Crippen molar-refractivity contribution in [3.8, 4) is 11.8 Å². The molecule has 1 aromatic carbocycles. The normalized spacial score (nSPS) is 11.8. The van der Waals surface area contributed by atoms with Gasteiger partial charge in [-0.05, 0) is 44.5 Å². The second kappa shape index (κ2) is 6.89. The molecule has 0 spiro atoms. The minimum Gasteiger partial charge on any atom is -0.320 e. The largest absolute Gasteiger partial charge is 0.320 e. The van der Waals surface area contributed by atoms with Crippen molar-refractivity contribution < 1.29 is 8.42 Å². The number of sulfonamides is 1. The lowest BCUT2D eigenvalue weighted by molar-refractivity contribution is 0.418. The molecule has 0 saturated carbocycles. The Balaban J connectivity index is 2.93. The predicted molar refractivity (Wildman–Crippen MR) is 81.7 cm³/mol. The van der Waals surface area contributed by atoms with E-state index in [4.69, 9.17) is 5.73 Å². The molecule has 0 aliphatic rings. The van der Waals surface area contributed by atoms with E-state index in [-0.39, 0.29) is 11.4 Å².